The highest BCUT2D eigenvalue weighted by molar-refractivity contribution is 4.94. The molecule has 14 heavy (non-hydrogen) atoms. The van der Waals surface area contributed by atoms with Crippen molar-refractivity contribution in [1.29, 1.82) is 0 Å². The van der Waals surface area contributed by atoms with Crippen LogP contribution in [0.1, 0.15) is 26.2 Å². The van der Waals surface area contributed by atoms with Crippen molar-refractivity contribution in [2.24, 2.45) is 5.92 Å². The molecule has 0 radical (unpaired) electrons. The van der Waals surface area contributed by atoms with E-state index in [9.17, 15) is 0 Å². The number of hydrogen-bond donors (Lipinski definition) is 0. The van der Waals surface area contributed by atoms with E-state index in [1.165, 1.54) is 0 Å². The maximum Gasteiger partial charge on any atom is 0.0527 e. The smallest absolute Gasteiger partial charge is 0.0527 e. The molecule has 80 valence electrons. The summed E-state index contributed by atoms with van der Waals surface area (Å²) in [4.78, 5) is 0. The van der Waals surface area contributed by atoms with Gasteiger partial charge < -0.3 is 4.74 Å². The molecule has 0 aromatic carbocycles. The standard InChI is InChI=1S/C13H22O/c1-4-6-8-9-11-13(12-14-3)10-7-5-2/h4-5,7,9,11,13H,1,6,8,10,12H2,2-3H3. The molecular formula is C13H22O. The molecule has 0 N–H and O–H groups in total. The molecule has 0 rings (SSSR count). The molecule has 0 aliphatic rings. The van der Waals surface area contributed by atoms with Gasteiger partial charge in [0.1, 0.15) is 0 Å². The fraction of sp³-hybridized carbons (Fsp3) is 0.538. The van der Waals surface area contributed by atoms with Crippen LogP contribution in [0.4, 0.5) is 0 Å². The van der Waals surface area contributed by atoms with Gasteiger partial charge >= 0.3 is 0 Å². The lowest BCUT2D eigenvalue weighted by Crippen LogP contribution is -2.03. The molecule has 0 heterocycles. The molecule has 0 aromatic rings. The van der Waals surface area contributed by atoms with Crippen LogP contribution >= 0.6 is 0 Å². The zero-order valence-corrected chi connectivity index (χ0v) is 9.41. The first-order valence-corrected chi connectivity index (χ1v) is 5.22. The van der Waals surface area contributed by atoms with E-state index in [-0.39, 0.29) is 0 Å². The lowest BCUT2D eigenvalue weighted by atomic mass is 10.1. The van der Waals surface area contributed by atoms with Gasteiger partial charge in [-0.1, -0.05) is 30.4 Å². The predicted octanol–water partition coefficient (Wildman–Crippen LogP) is 3.74. The van der Waals surface area contributed by atoms with E-state index in [0.717, 1.165) is 25.9 Å². The van der Waals surface area contributed by atoms with Crippen LogP contribution in [0.2, 0.25) is 0 Å². The fourth-order valence-electron chi connectivity index (χ4n) is 1.23. The third kappa shape index (κ3) is 7.81. The third-order valence-corrected chi connectivity index (χ3v) is 2.00. The van der Waals surface area contributed by atoms with Gasteiger partial charge in [0, 0.05) is 13.0 Å². The monoisotopic (exact) mass is 194 g/mol. The largest absolute Gasteiger partial charge is 0.384 e. The first kappa shape index (κ1) is 13.2. The quantitative estimate of drug-likeness (QED) is 0.422. The van der Waals surface area contributed by atoms with Crippen LogP contribution in [0.15, 0.2) is 37.0 Å². The van der Waals surface area contributed by atoms with Gasteiger partial charge in [-0.15, -0.1) is 6.58 Å². The summed E-state index contributed by atoms with van der Waals surface area (Å²) in [6, 6.07) is 0. The maximum absolute atomic E-state index is 5.15. The molecule has 0 bridgehead atoms. The van der Waals surface area contributed by atoms with E-state index in [1.807, 2.05) is 13.0 Å². The van der Waals surface area contributed by atoms with Crippen molar-refractivity contribution in [1.82, 2.24) is 0 Å². The van der Waals surface area contributed by atoms with Gasteiger partial charge in [0.15, 0.2) is 0 Å². The van der Waals surface area contributed by atoms with Crippen molar-refractivity contribution in [2.45, 2.75) is 26.2 Å². The fourth-order valence-corrected chi connectivity index (χ4v) is 1.23. The SMILES string of the molecule is C=CCCC=CC(CC=CC)COC. The van der Waals surface area contributed by atoms with Crippen LogP contribution in [0, 0.1) is 5.92 Å². The summed E-state index contributed by atoms with van der Waals surface area (Å²) in [5.74, 6) is 0.515. The summed E-state index contributed by atoms with van der Waals surface area (Å²) in [5.41, 5.74) is 0. The molecule has 0 aliphatic heterocycles. The molecule has 1 unspecified atom stereocenters. The minimum atomic E-state index is 0.515. The average molecular weight is 194 g/mol. The number of ether oxygens (including phenoxy) is 1. The van der Waals surface area contributed by atoms with Crippen LogP contribution in [0.25, 0.3) is 0 Å². The van der Waals surface area contributed by atoms with E-state index in [1.54, 1.807) is 7.11 Å². The lowest BCUT2D eigenvalue weighted by molar-refractivity contribution is 0.170. The zero-order chi connectivity index (χ0) is 10.6. The van der Waals surface area contributed by atoms with E-state index < -0.39 is 0 Å². The second-order valence-corrected chi connectivity index (χ2v) is 3.31. The average Bonchev–Trinajstić information content (AvgIpc) is 2.20. The minimum absolute atomic E-state index is 0.515. The molecule has 0 saturated carbocycles. The summed E-state index contributed by atoms with van der Waals surface area (Å²) < 4.78 is 5.15. The predicted molar refractivity (Wildman–Crippen MR) is 63.4 cm³/mol. The van der Waals surface area contributed by atoms with Crippen LogP contribution in [-0.2, 0) is 4.74 Å². The molecule has 0 spiro atoms. The topological polar surface area (TPSA) is 9.23 Å². The van der Waals surface area contributed by atoms with Crippen molar-refractivity contribution in [2.75, 3.05) is 13.7 Å². The lowest BCUT2D eigenvalue weighted by Gasteiger charge is -2.08. The van der Waals surface area contributed by atoms with Crippen molar-refractivity contribution in [3.8, 4) is 0 Å². The Kier molecular flexibility index (Phi) is 9.66. The Hall–Kier alpha value is -0.820. The maximum atomic E-state index is 5.15. The number of methoxy groups -OCH3 is 1. The molecule has 0 amide bonds. The first-order chi connectivity index (χ1) is 6.85. The number of rotatable bonds is 8. The van der Waals surface area contributed by atoms with Gasteiger partial charge in [-0.3, -0.25) is 0 Å². The van der Waals surface area contributed by atoms with Crippen LogP contribution < -0.4 is 0 Å². The first-order valence-electron chi connectivity index (χ1n) is 5.22. The molecule has 1 atom stereocenters. The zero-order valence-electron chi connectivity index (χ0n) is 9.41. The molecular weight excluding hydrogens is 172 g/mol. The van der Waals surface area contributed by atoms with Gasteiger partial charge in [0.05, 0.1) is 6.61 Å². The summed E-state index contributed by atoms with van der Waals surface area (Å²) in [7, 11) is 1.75. The highest BCUT2D eigenvalue weighted by atomic mass is 16.5. The Labute approximate surface area is 88.2 Å². The third-order valence-electron chi connectivity index (χ3n) is 2.00. The second-order valence-electron chi connectivity index (χ2n) is 3.31. The van der Waals surface area contributed by atoms with Crippen LogP contribution in [0.3, 0.4) is 0 Å². The van der Waals surface area contributed by atoms with E-state index in [4.69, 9.17) is 4.74 Å². The van der Waals surface area contributed by atoms with E-state index in [2.05, 4.69) is 30.9 Å². The van der Waals surface area contributed by atoms with Gasteiger partial charge in [-0.2, -0.15) is 0 Å². The Balaban J connectivity index is 3.81. The number of unbranched alkanes of at least 4 members (excludes halogenated alkanes) is 1. The summed E-state index contributed by atoms with van der Waals surface area (Å²) in [6.45, 7) is 6.54. The van der Waals surface area contributed by atoms with Gasteiger partial charge in [0.2, 0.25) is 0 Å². The van der Waals surface area contributed by atoms with Crippen LogP contribution in [0.5, 0.6) is 0 Å². The Morgan fingerprint density at radius 1 is 1.29 bits per heavy atom. The summed E-state index contributed by atoms with van der Waals surface area (Å²) in [6.07, 6.45) is 13.9. The molecule has 0 aliphatic carbocycles. The van der Waals surface area contributed by atoms with Crippen molar-refractivity contribution in [3.63, 3.8) is 0 Å². The van der Waals surface area contributed by atoms with Crippen molar-refractivity contribution in [3.05, 3.63) is 37.0 Å². The van der Waals surface area contributed by atoms with E-state index in [0.29, 0.717) is 5.92 Å². The summed E-state index contributed by atoms with van der Waals surface area (Å²) >= 11 is 0. The Morgan fingerprint density at radius 3 is 2.64 bits per heavy atom. The van der Waals surface area contributed by atoms with E-state index >= 15 is 0 Å². The molecule has 1 nitrogen and oxygen atoms in total. The molecule has 1 heteroatoms. The van der Waals surface area contributed by atoms with Crippen LogP contribution in [-0.4, -0.2) is 13.7 Å². The molecule has 0 aromatic heterocycles. The number of hydrogen-bond acceptors (Lipinski definition) is 1. The minimum Gasteiger partial charge on any atom is -0.384 e. The Bertz CT molecular complexity index is 180. The number of allylic oxidation sites excluding steroid dienone is 4. The van der Waals surface area contributed by atoms with Gasteiger partial charge in [0.25, 0.3) is 0 Å². The van der Waals surface area contributed by atoms with Crippen molar-refractivity contribution >= 4 is 0 Å². The normalized spacial score (nSPS) is 13.9. The molecule has 0 saturated heterocycles. The van der Waals surface area contributed by atoms with Gasteiger partial charge in [-0.25, -0.2) is 0 Å². The van der Waals surface area contributed by atoms with Crippen molar-refractivity contribution < 1.29 is 4.74 Å². The summed E-state index contributed by atoms with van der Waals surface area (Å²) in [5, 5.41) is 0. The second kappa shape index (κ2) is 10.3. The highest BCUT2D eigenvalue weighted by Gasteiger charge is 2.00. The highest BCUT2D eigenvalue weighted by Crippen LogP contribution is 2.08. The van der Waals surface area contributed by atoms with Gasteiger partial charge in [-0.05, 0) is 26.2 Å². The Morgan fingerprint density at radius 2 is 2.07 bits per heavy atom. The molecule has 0 fully saturated rings.